The van der Waals surface area contributed by atoms with Crippen molar-refractivity contribution in [1.82, 2.24) is 9.55 Å². The quantitative estimate of drug-likeness (QED) is 0.694. The maximum absolute atomic E-state index is 6.26. The van der Waals surface area contributed by atoms with Gasteiger partial charge in [-0.1, -0.05) is 23.2 Å². The number of aromatic nitrogens is 2. The molecular formula is C15H12Cl2N2O. The molecule has 0 atom stereocenters. The summed E-state index contributed by atoms with van der Waals surface area (Å²) in [6.07, 6.45) is 0. The van der Waals surface area contributed by atoms with E-state index in [1.54, 1.807) is 13.2 Å². The number of hydrogen-bond donors (Lipinski definition) is 0. The van der Waals surface area contributed by atoms with Crippen LogP contribution in [0.15, 0.2) is 36.4 Å². The molecule has 0 aliphatic rings. The van der Waals surface area contributed by atoms with Gasteiger partial charge in [0.25, 0.3) is 0 Å². The fraction of sp³-hybridized carbons (Fsp3) is 0.133. The highest BCUT2D eigenvalue weighted by Gasteiger charge is 2.13. The zero-order chi connectivity index (χ0) is 14.3. The van der Waals surface area contributed by atoms with Gasteiger partial charge in [0.15, 0.2) is 0 Å². The molecule has 0 aliphatic heterocycles. The van der Waals surface area contributed by atoms with E-state index in [-0.39, 0.29) is 0 Å². The largest absolute Gasteiger partial charge is 0.497 e. The summed E-state index contributed by atoms with van der Waals surface area (Å²) in [6, 6.07) is 11.2. The molecule has 0 saturated heterocycles. The van der Waals surface area contributed by atoms with E-state index in [0.29, 0.717) is 10.0 Å². The van der Waals surface area contributed by atoms with Gasteiger partial charge in [0.1, 0.15) is 11.6 Å². The van der Waals surface area contributed by atoms with Crippen LogP contribution in [0.2, 0.25) is 10.0 Å². The summed E-state index contributed by atoms with van der Waals surface area (Å²) in [5.41, 5.74) is 2.74. The fourth-order valence-corrected chi connectivity index (χ4v) is 2.71. The van der Waals surface area contributed by atoms with Crippen molar-refractivity contribution in [3.05, 3.63) is 46.4 Å². The smallest absolute Gasteiger partial charge is 0.142 e. The molecule has 0 saturated carbocycles. The monoisotopic (exact) mass is 306 g/mol. The van der Waals surface area contributed by atoms with Gasteiger partial charge in [0, 0.05) is 23.7 Å². The first kappa shape index (κ1) is 13.3. The molecule has 0 aliphatic carbocycles. The maximum atomic E-state index is 6.26. The van der Waals surface area contributed by atoms with Crippen molar-refractivity contribution in [3.63, 3.8) is 0 Å². The molecule has 2 aromatic carbocycles. The van der Waals surface area contributed by atoms with Crippen molar-refractivity contribution in [2.24, 2.45) is 7.05 Å². The molecule has 0 fully saturated rings. The van der Waals surface area contributed by atoms with Gasteiger partial charge in [0.2, 0.25) is 0 Å². The molecule has 3 nitrogen and oxygen atoms in total. The minimum Gasteiger partial charge on any atom is -0.497 e. The Morgan fingerprint density at radius 3 is 2.60 bits per heavy atom. The molecule has 0 N–H and O–H groups in total. The molecule has 20 heavy (non-hydrogen) atoms. The molecular weight excluding hydrogens is 295 g/mol. The van der Waals surface area contributed by atoms with Crippen molar-refractivity contribution in [3.8, 4) is 17.1 Å². The molecule has 3 aromatic rings. The Morgan fingerprint density at radius 2 is 1.90 bits per heavy atom. The van der Waals surface area contributed by atoms with Gasteiger partial charge in [-0.2, -0.15) is 0 Å². The van der Waals surface area contributed by atoms with E-state index in [1.165, 1.54) is 0 Å². The average molecular weight is 307 g/mol. The lowest BCUT2D eigenvalue weighted by Crippen LogP contribution is -1.93. The number of imidazole rings is 1. The van der Waals surface area contributed by atoms with E-state index in [0.717, 1.165) is 28.2 Å². The minimum atomic E-state index is 0.586. The SMILES string of the molecule is COc1ccc2c(c1)nc(-c1ccc(Cl)cc1Cl)n2C. The number of aryl methyl sites for hydroxylation is 1. The van der Waals surface area contributed by atoms with Crippen molar-refractivity contribution in [2.45, 2.75) is 0 Å². The van der Waals surface area contributed by atoms with Gasteiger partial charge in [-0.05, 0) is 30.3 Å². The molecule has 3 rings (SSSR count). The lowest BCUT2D eigenvalue weighted by atomic mass is 10.2. The predicted octanol–water partition coefficient (Wildman–Crippen LogP) is 4.56. The summed E-state index contributed by atoms with van der Waals surface area (Å²) in [7, 11) is 3.60. The highest BCUT2D eigenvalue weighted by molar-refractivity contribution is 6.36. The number of methoxy groups -OCH3 is 1. The molecule has 1 aromatic heterocycles. The van der Waals surface area contributed by atoms with E-state index in [1.807, 2.05) is 41.9 Å². The first-order valence-corrected chi connectivity index (χ1v) is 6.81. The van der Waals surface area contributed by atoms with Crippen LogP contribution in [0.25, 0.3) is 22.4 Å². The van der Waals surface area contributed by atoms with Crippen molar-refractivity contribution >= 4 is 34.2 Å². The molecule has 5 heteroatoms. The second-order valence-electron chi connectivity index (χ2n) is 4.47. The van der Waals surface area contributed by atoms with Gasteiger partial charge in [-0.15, -0.1) is 0 Å². The lowest BCUT2D eigenvalue weighted by Gasteiger charge is -2.05. The minimum absolute atomic E-state index is 0.586. The molecule has 1 heterocycles. The van der Waals surface area contributed by atoms with Crippen LogP contribution in [0.5, 0.6) is 5.75 Å². The fourth-order valence-electron chi connectivity index (χ4n) is 2.22. The number of benzene rings is 2. The highest BCUT2D eigenvalue weighted by Crippen LogP contribution is 2.32. The molecule has 0 amide bonds. The first-order valence-electron chi connectivity index (χ1n) is 6.06. The summed E-state index contributed by atoms with van der Waals surface area (Å²) < 4.78 is 7.23. The van der Waals surface area contributed by atoms with Gasteiger partial charge in [-0.3, -0.25) is 0 Å². The third-order valence-electron chi connectivity index (χ3n) is 3.26. The van der Waals surface area contributed by atoms with Crippen molar-refractivity contribution < 1.29 is 4.74 Å². The second kappa shape index (κ2) is 5.00. The summed E-state index contributed by atoms with van der Waals surface area (Å²) in [4.78, 5) is 4.64. The number of ether oxygens (including phenoxy) is 1. The Bertz CT molecular complexity index is 796. The van der Waals surface area contributed by atoms with Gasteiger partial charge >= 0.3 is 0 Å². The van der Waals surface area contributed by atoms with E-state index < -0.39 is 0 Å². The molecule has 0 unspecified atom stereocenters. The van der Waals surface area contributed by atoms with E-state index >= 15 is 0 Å². The lowest BCUT2D eigenvalue weighted by molar-refractivity contribution is 0.415. The third kappa shape index (κ3) is 2.13. The zero-order valence-corrected chi connectivity index (χ0v) is 12.5. The Kier molecular flexibility index (Phi) is 3.32. The Hall–Kier alpha value is -1.71. The van der Waals surface area contributed by atoms with Crippen LogP contribution < -0.4 is 4.74 Å². The van der Waals surface area contributed by atoms with Gasteiger partial charge < -0.3 is 9.30 Å². The predicted molar refractivity (Wildman–Crippen MR) is 82.7 cm³/mol. The second-order valence-corrected chi connectivity index (χ2v) is 5.32. The summed E-state index contributed by atoms with van der Waals surface area (Å²) >= 11 is 12.2. The third-order valence-corrected chi connectivity index (χ3v) is 3.81. The van der Waals surface area contributed by atoms with Crippen molar-refractivity contribution in [2.75, 3.05) is 7.11 Å². The molecule has 0 radical (unpaired) electrons. The topological polar surface area (TPSA) is 27.1 Å². The van der Waals surface area contributed by atoms with Crippen LogP contribution in [0.4, 0.5) is 0 Å². The Balaban J connectivity index is 2.23. The van der Waals surface area contributed by atoms with Crippen LogP contribution in [0.3, 0.4) is 0 Å². The van der Waals surface area contributed by atoms with Crippen LogP contribution in [0.1, 0.15) is 0 Å². The number of nitrogens with zero attached hydrogens (tertiary/aromatic N) is 2. The maximum Gasteiger partial charge on any atom is 0.142 e. The van der Waals surface area contributed by atoms with Crippen LogP contribution in [-0.4, -0.2) is 16.7 Å². The Labute approximate surface area is 126 Å². The zero-order valence-electron chi connectivity index (χ0n) is 11.0. The number of rotatable bonds is 2. The number of hydrogen-bond acceptors (Lipinski definition) is 2. The van der Waals surface area contributed by atoms with Crippen LogP contribution in [0, 0.1) is 0 Å². The average Bonchev–Trinajstić information content (AvgIpc) is 2.75. The normalized spacial score (nSPS) is 11.0. The van der Waals surface area contributed by atoms with Gasteiger partial charge in [0.05, 0.1) is 23.2 Å². The number of fused-ring (bicyclic) bond motifs is 1. The Morgan fingerprint density at radius 1 is 1.10 bits per heavy atom. The van der Waals surface area contributed by atoms with Crippen LogP contribution >= 0.6 is 23.2 Å². The summed E-state index contributed by atoms with van der Waals surface area (Å²) in [6.45, 7) is 0. The molecule has 102 valence electrons. The van der Waals surface area contributed by atoms with E-state index in [9.17, 15) is 0 Å². The van der Waals surface area contributed by atoms with E-state index in [4.69, 9.17) is 27.9 Å². The van der Waals surface area contributed by atoms with Gasteiger partial charge in [-0.25, -0.2) is 4.98 Å². The van der Waals surface area contributed by atoms with Crippen LogP contribution in [-0.2, 0) is 7.05 Å². The summed E-state index contributed by atoms with van der Waals surface area (Å²) in [5, 5.41) is 1.20. The highest BCUT2D eigenvalue weighted by atomic mass is 35.5. The summed E-state index contributed by atoms with van der Waals surface area (Å²) in [5.74, 6) is 1.58. The standard InChI is InChI=1S/C15H12Cl2N2O/c1-19-14-6-4-10(20-2)8-13(14)18-15(19)11-5-3-9(16)7-12(11)17/h3-8H,1-2H3. The molecule has 0 spiro atoms. The molecule has 0 bridgehead atoms. The van der Waals surface area contributed by atoms with Crippen molar-refractivity contribution in [1.29, 1.82) is 0 Å². The van der Waals surface area contributed by atoms with E-state index in [2.05, 4.69) is 4.98 Å². The first-order chi connectivity index (χ1) is 9.60. The number of halogens is 2.